The summed E-state index contributed by atoms with van der Waals surface area (Å²) in [6.07, 6.45) is 10.2. The van der Waals surface area contributed by atoms with E-state index < -0.39 is 0 Å². The van der Waals surface area contributed by atoms with Gasteiger partial charge in [-0.1, -0.05) is 46.0 Å². The van der Waals surface area contributed by atoms with Crippen LogP contribution >= 0.6 is 0 Å². The molecular weight excluding hydrogens is 182 g/mol. The van der Waals surface area contributed by atoms with Crippen LogP contribution in [0.15, 0.2) is 0 Å². The number of rotatable bonds is 3. The quantitative estimate of drug-likeness (QED) is 0.749. The first kappa shape index (κ1) is 11.4. The first-order chi connectivity index (χ1) is 7.26. The van der Waals surface area contributed by atoms with Crippen LogP contribution in [0, 0.1) is 17.3 Å². The van der Waals surface area contributed by atoms with Crippen LogP contribution in [0.1, 0.15) is 58.8 Å². The van der Waals surface area contributed by atoms with E-state index in [1.54, 1.807) is 0 Å². The summed E-state index contributed by atoms with van der Waals surface area (Å²) in [5.41, 5.74) is 0.648. The highest BCUT2D eigenvalue weighted by Gasteiger charge is 2.40. The SMILES string of the molecule is CCCC1(C)CCNCC1C1CCCC1. The molecule has 0 amide bonds. The Morgan fingerprint density at radius 3 is 2.67 bits per heavy atom. The largest absolute Gasteiger partial charge is 0.316 e. The maximum Gasteiger partial charge on any atom is -0.00126 e. The van der Waals surface area contributed by atoms with Gasteiger partial charge in [0.2, 0.25) is 0 Å². The summed E-state index contributed by atoms with van der Waals surface area (Å²) in [7, 11) is 0. The highest BCUT2D eigenvalue weighted by molar-refractivity contribution is 4.92. The van der Waals surface area contributed by atoms with Gasteiger partial charge >= 0.3 is 0 Å². The van der Waals surface area contributed by atoms with Crippen LogP contribution in [-0.2, 0) is 0 Å². The molecular formula is C14H27N. The Morgan fingerprint density at radius 2 is 2.00 bits per heavy atom. The van der Waals surface area contributed by atoms with Crippen molar-refractivity contribution >= 4 is 0 Å². The van der Waals surface area contributed by atoms with Crippen LogP contribution in [0.5, 0.6) is 0 Å². The van der Waals surface area contributed by atoms with E-state index in [1.807, 2.05) is 0 Å². The Bertz CT molecular complexity index is 192. The molecule has 1 N–H and O–H groups in total. The van der Waals surface area contributed by atoms with Gasteiger partial charge in [0.1, 0.15) is 0 Å². The van der Waals surface area contributed by atoms with Gasteiger partial charge in [-0.25, -0.2) is 0 Å². The molecule has 2 unspecified atom stereocenters. The van der Waals surface area contributed by atoms with E-state index >= 15 is 0 Å². The molecule has 0 bridgehead atoms. The van der Waals surface area contributed by atoms with Crippen molar-refractivity contribution in [2.45, 2.75) is 58.8 Å². The molecule has 1 aliphatic carbocycles. The molecule has 0 radical (unpaired) electrons. The molecule has 0 spiro atoms. The van der Waals surface area contributed by atoms with Crippen molar-refractivity contribution in [3.05, 3.63) is 0 Å². The molecule has 1 nitrogen and oxygen atoms in total. The summed E-state index contributed by atoms with van der Waals surface area (Å²) in [5.74, 6) is 2.00. The number of hydrogen-bond donors (Lipinski definition) is 1. The van der Waals surface area contributed by atoms with E-state index in [0.717, 1.165) is 11.8 Å². The molecule has 0 aromatic heterocycles. The molecule has 2 rings (SSSR count). The Balaban J connectivity index is 2.04. The lowest BCUT2D eigenvalue weighted by Crippen LogP contribution is -2.46. The van der Waals surface area contributed by atoms with E-state index in [4.69, 9.17) is 0 Å². The van der Waals surface area contributed by atoms with Gasteiger partial charge in [-0.2, -0.15) is 0 Å². The zero-order valence-electron chi connectivity index (χ0n) is 10.5. The number of hydrogen-bond acceptors (Lipinski definition) is 1. The van der Waals surface area contributed by atoms with Gasteiger partial charge < -0.3 is 5.32 Å². The van der Waals surface area contributed by atoms with Crippen LogP contribution in [0.25, 0.3) is 0 Å². The second-order valence-corrected chi connectivity index (χ2v) is 6.01. The number of piperidine rings is 1. The van der Waals surface area contributed by atoms with Crippen molar-refractivity contribution < 1.29 is 0 Å². The normalized spacial score (nSPS) is 38.4. The van der Waals surface area contributed by atoms with Gasteiger partial charge in [0.15, 0.2) is 0 Å². The van der Waals surface area contributed by atoms with Crippen LogP contribution < -0.4 is 5.32 Å². The first-order valence-corrected chi connectivity index (χ1v) is 6.97. The fourth-order valence-corrected chi connectivity index (χ4v) is 4.04. The first-order valence-electron chi connectivity index (χ1n) is 6.97. The average molecular weight is 209 g/mol. The molecule has 15 heavy (non-hydrogen) atoms. The molecule has 1 heteroatoms. The standard InChI is InChI=1S/C14H27N/c1-3-8-14(2)9-10-15-11-13(14)12-6-4-5-7-12/h12-13,15H,3-11H2,1-2H3. The highest BCUT2D eigenvalue weighted by atomic mass is 14.9. The molecule has 2 atom stereocenters. The summed E-state index contributed by atoms with van der Waals surface area (Å²) >= 11 is 0. The lowest BCUT2D eigenvalue weighted by atomic mass is 9.64. The van der Waals surface area contributed by atoms with E-state index in [0.29, 0.717) is 5.41 Å². The third-order valence-corrected chi connectivity index (χ3v) is 4.92. The monoisotopic (exact) mass is 209 g/mol. The van der Waals surface area contributed by atoms with Gasteiger partial charge in [-0.3, -0.25) is 0 Å². The second-order valence-electron chi connectivity index (χ2n) is 6.01. The summed E-state index contributed by atoms with van der Waals surface area (Å²) in [4.78, 5) is 0. The predicted octanol–water partition coefficient (Wildman–Crippen LogP) is 3.59. The summed E-state index contributed by atoms with van der Waals surface area (Å²) in [6.45, 7) is 7.44. The Labute approximate surface area is 95.0 Å². The van der Waals surface area contributed by atoms with Gasteiger partial charge in [-0.05, 0) is 43.2 Å². The molecule has 0 aromatic rings. The smallest absolute Gasteiger partial charge is 0.00126 e. The van der Waals surface area contributed by atoms with Crippen LogP contribution in [0.4, 0.5) is 0 Å². The zero-order chi connectivity index (χ0) is 10.7. The van der Waals surface area contributed by atoms with Crippen molar-refractivity contribution in [2.75, 3.05) is 13.1 Å². The van der Waals surface area contributed by atoms with E-state index in [1.165, 1.54) is 58.0 Å². The minimum atomic E-state index is 0.648. The van der Waals surface area contributed by atoms with E-state index in [-0.39, 0.29) is 0 Å². The fourth-order valence-electron chi connectivity index (χ4n) is 4.04. The molecule has 2 fully saturated rings. The zero-order valence-corrected chi connectivity index (χ0v) is 10.5. The third kappa shape index (κ3) is 2.38. The Hall–Kier alpha value is -0.0400. The van der Waals surface area contributed by atoms with Gasteiger partial charge in [0.05, 0.1) is 0 Å². The lowest BCUT2D eigenvalue weighted by molar-refractivity contribution is 0.0686. The van der Waals surface area contributed by atoms with Gasteiger partial charge in [0.25, 0.3) is 0 Å². The molecule has 1 heterocycles. The van der Waals surface area contributed by atoms with Crippen LogP contribution in [0.2, 0.25) is 0 Å². The summed E-state index contributed by atoms with van der Waals surface area (Å²) < 4.78 is 0. The Kier molecular flexibility index (Phi) is 3.71. The molecule has 1 saturated carbocycles. The highest BCUT2D eigenvalue weighted by Crippen LogP contribution is 2.46. The minimum Gasteiger partial charge on any atom is -0.316 e. The predicted molar refractivity (Wildman–Crippen MR) is 65.9 cm³/mol. The lowest BCUT2D eigenvalue weighted by Gasteiger charge is -2.45. The summed E-state index contributed by atoms with van der Waals surface area (Å²) in [5, 5.41) is 3.63. The van der Waals surface area contributed by atoms with Crippen molar-refractivity contribution in [1.82, 2.24) is 5.32 Å². The number of nitrogens with one attached hydrogen (secondary N) is 1. The average Bonchev–Trinajstić information content (AvgIpc) is 2.71. The molecule has 0 aromatic carbocycles. The van der Waals surface area contributed by atoms with Crippen molar-refractivity contribution in [2.24, 2.45) is 17.3 Å². The van der Waals surface area contributed by atoms with Crippen LogP contribution in [-0.4, -0.2) is 13.1 Å². The van der Waals surface area contributed by atoms with E-state index in [9.17, 15) is 0 Å². The third-order valence-electron chi connectivity index (χ3n) is 4.92. The van der Waals surface area contributed by atoms with E-state index in [2.05, 4.69) is 19.2 Å². The van der Waals surface area contributed by atoms with Crippen molar-refractivity contribution in [3.63, 3.8) is 0 Å². The molecule has 1 saturated heterocycles. The second kappa shape index (κ2) is 4.86. The van der Waals surface area contributed by atoms with Gasteiger partial charge in [0, 0.05) is 0 Å². The van der Waals surface area contributed by atoms with Gasteiger partial charge in [-0.15, -0.1) is 0 Å². The van der Waals surface area contributed by atoms with Crippen molar-refractivity contribution in [1.29, 1.82) is 0 Å². The topological polar surface area (TPSA) is 12.0 Å². The molecule has 1 aliphatic heterocycles. The summed E-state index contributed by atoms with van der Waals surface area (Å²) in [6, 6.07) is 0. The maximum absolute atomic E-state index is 3.63. The van der Waals surface area contributed by atoms with Crippen molar-refractivity contribution in [3.8, 4) is 0 Å². The molecule has 2 aliphatic rings. The maximum atomic E-state index is 3.63. The Morgan fingerprint density at radius 1 is 1.27 bits per heavy atom. The minimum absolute atomic E-state index is 0.648. The van der Waals surface area contributed by atoms with Crippen LogP contribution in [0.3, 0.4) is 0 Å². The fraction of sp³-hybridized carbons (Fsp3) is 1.00. The molecule has 88 valence electrons.